The Labute approximate surface area is 200 Å². The minimum atomic E-state index is -1.65. The molecule has 1 amide bonds. The van der Waals surface area contributed by atoms with E-state index in [9.17, 15) is 14.3 Å². The van der Waals surface area contributed by atoms with Crippen molar-refractivity contribution in [2.75, 3.05) is 11.9 Å². The van der Waals surface area contributed by atoms with Crippen molar-refractivity contribution in [3.8, 4) is 17.5 Å². The molecule has 4 N–H and O–H groups in total. The number of imidazole rings is 1. The Morgan fingerprint density at radius 1 is 1.26 bits per heavy atom. The number of anilines is 2. The third-order valence-corrected chi connectivity index (χ3v) is 5.45. The van der Waals surface area contributed by atoms with Crippen LogP contribution in [0.15, 0.2) is 36.9 Å². The molecule has 0 aliphatic rings. The van der Waals surface area contributed by atoms with Crippen molar-refractivity contribution < 1.29 is 14.3 Å². The molecule has 4 heterocycles. The normalized spacial score (nSPS) is 12.3. The van der Waals surface area contributed by atoms with Crippen LogP contribution in [0.1, 0.15) is 42.4 Å². The lowest BCUT2D eigenvalue weighted by atomic mass is 10.0. The molecular weight excluding hydrogens is 453 g/mol. The van der Waals surface area contributed by atoms with Crippen molar-refractivity contribution in [2.24, 2.45) is 0 Å². The lowest BCUT2D eigenvalue weighted by molar-refractivity contribution is -0.00177. The van der Waals surface area contributed by atoms with E-state index in [1.54, 1.807) is 29.0 Å². The van der Waals surface area contributed by atoms with Crippen LogP contribution in [0.4, 0.5) is 15.8 Å². The second-order valence-electron chi connectivity index (χ2n) is 8.46. The van der Waals surface area contributed by atoms with E-state index in [0.29, 0.717) is 40.4 Å². The number of hydrogen-bond acceptors (Lipinski definition) is 8. The van der Waals surface area contributed by atoms with Crippen LogP contribution in [0.2, 0.25) is 0 Å². The number of aliphatic hydroxyl groups is 1. The smallest absolute Gasteiger partial charge is 0.255 e. The Kier molecular flexibility index (Phi) is 6.44. The van der Waals surface area contributed by atoms with Gasteiger partial charge in [-0.25, -0.2) is 13.9 Å². The van der Waals surface area contributed by atoms with Crippen molar-refractivity contribution in [3.05, 3.63) is 53.7 Å². The SMILES string of the molecule is CCc1[nH]ncc1Nc1cc(-c2cnc3cc(C#N)cnn23)ncc1C(=O)NC[C@@H](F)C(C)(C)O. The molecule has 0 spiro atoms. The molecule has 180 valence electrons. The predicted molar refractivity (Wildman–Crippen MR) is 126 cm³/mol. The summed E-state index contributed by atoms with van der Waals surface area (Å²) in [5, 5.41) is 35.9. The first kappa shape index (κ1) is 23.8. The van der Waals surface area contributed by atoms with Gasteiger partial charge in [0.1, 0.15) is 17.9 Å². The van der Waals surface area contributed by atoms with Crippen LogP contribution < -0.4 is 10.6 Å². The molecule has 0 saturated carbocycles. The number of H-pyrrole nitrogens is 1. The highest BCUT2D eigenvalue weighted by Crippen LogP contribution is 2.28. The maximum Gasteiger partial charge on any atom is 0.255 e. The first-order valence-corrected chi connectivity index (χ1v) is 10.9. The van der Waals surface area contributed by atoms with Gasteiger partial charge in [-0.1, -0.05) is 6.92 Å². The third-order valence-electron chi connectivity index (χ3n) is 5.45. The summed E-state index contributed by atoms with van der Waals surface area (Å²) in [6.07, 6.45) is 4.99. The molecule has 0 fully saturated rings. The van der Waals surface area contributed by atoms with E-state index in [2.05, 4.69) is 35.9 Å². The molecule has 0 saturated heterocycles. The highest BCUT2D eigenvalue weighted by atomic mass is 19.1. The molecule has 0 unspecified atom stereocenters. The Morgan fingerprint density at radius 3 is 2.77 bits per heavy atom. The highest BCUT2D eigenvalue weighted by Gasteiger charge is 2.27. The van der Waals surface area contributed by atoms with Gasteiger partial charge in [-0.15, -0.1) is 0 Å². The minimum Gasteiger partial charge on any atom is -0.387 e. The fraction of sp³-hybridized carbons (Fsp3) is 0.304. The van der Waals surface area contributed by atoms with E-state index in [1.807, 2.05) is 13.0 Å². The van der Waals surface area contributed by atoms with Gasteiger partial charge >= 0.3 is 0 Å². The van der Waals surface area contributed by atoms with Gasteiger partial charge in [0.25, 0.3) is 5.91 Å². The maximum atomic E-state index is 14.2. The fourth-order valence-corrected chi connectivity index (χ4v) is 3.35. The van der Waals surface area contributed by atoms with E-state index >= 15 is 0 Å². The molecule has 0 aliphatic heterocycles. The molecule has 4 aromatic rings. The Hall–Kier alpha value is -4.37. The number of aryl methyl sites for hydroxylation is 1. The Balaban J connectivity index is 1.72. The van der Waals surface area contributed by atoms with Gasteiger partial charge in [0.15, 0.2) is 5.65 Å². The van der Waals surface area contributed by atoms with Gasteiger partial charge in [0.05, 0.1) is 64.6 Å². The number of nitrogens with one attached hydrogen (secondary N) is 3. The average molecular weight is 478 g/mol. The molecule has 1 atom stereocenters. The molecular formula is C23H24FN9O2. The van der Waals surface area contributed by atoms with Gasteiger partial charge in [-0.3, -0.25) is 14.9 Å². The first-order valence-electron chi connectivity index (χ1n) is 10.9. The largest absolute Gasteiger partial charge is 0.387 e. The Bertz CT molecular complexity index is 1410. The number of alkyl halides is 1. The van der Waals surface area contributed by atoms with Gasteiger partial charge in [0, 0.05) is 12.3 Å². The van der Waals surface area contributed by atoms with E-state index in [1.165, 1.54) is 26.2 Å². The minimum absolute atomic E-state index is 0.175. The summed E-state index contributed by atoms with van der Waals surface area (Å²) < 4.78 is 15.7. The van der Waals surface area contributed by atoms with Crippen molar-refractivity contribution in [2.45, 2.75) is 39.0 Å². The lowest BCUT2D eigenvalue weighted by Gasteiger charge is -2.22. The molecule has 0 radical (unpaired) electrons. The summed E-state index contributed by atoms with van der Waals surface area (Å²) in [6.45, 7) is 4.26. The first-order chi connectivity index (χ1) is 16.7. The number of fused-ring (bicyclic) bond motifs is 1. The number of pyridine rings is 1. The summed E-state index contributed by atoms with van der Waals surface area (Å²) in [4.78, 5) is 21.6. The number of aromatic nitrogens is 6. The third kappa shape index (κ3) is 4.95. The molecule has 0 aromatic carbocycles. The standard InChI is InChI=1S/C23H24FN9O2/c1-4-15-18(10-29-32-15)31-16-6-17(19-11-27-21-5-13(7-25)8-30-33(19)21)26-9-14(16)22(34)28-12-20(24)23(2,3)35/h5-6,8-11,20,35H,4,12H2,1-3H3,(H,26,31)(H,28,34)(H,29,32)/t20-/m1/s1. The van der Waals surface area contributed by atoms with Gasteiger partial charge in [-0.2, -0.15) is 15.5 Å². The highest BCUT2D eigenvalue weighted by molar-refractivity contribution is 6.00. The molecule has 11 nitrogen and oxygen atoms in total. The molecule has 0 bridgehead atoms. The van der Waals surface area contributed by atoms with Crippen LogP contribution >= 0.6 is 0 Å². The van der Waals surface area contributed by atoms with Crippen molar-refractivity contribution >= 4 is 22.9 Å². The topological polar surface area (TPSA) is 157 Å². The number of amides is 1. The molecule has 12 heteroatoms. The summed E-state index contributed by atoms with van der Waals surface area (Å²) >= 11 is 0. The zero-order valence-corrected chi connectivity index (χ0v) is 19.4. The van der Waals surface area contributed by atoms with Crippen LogP contribution in [0.25, 0.3) is 17.0 Å². The summed E-state index contributed by atoms with van der Waals surface area (Å²) in [5.74, 6) is -0.560. The number of aromatic amines is 1. The summed E-state index contributed by atoms with van der Waals surface area (Å²) in [5.41, 5.74) is 2.37. The van der Waals surface area contributed by atoms with Gasteiger partial charge in [0.2, 0.25) is 0 Å². The second-order valence-corrected chi connectivity index (χ2v) is 8.46. The van der Waals surface area contributed by atoms with Crippen molar-refractivity contribution in [1.29, 1.82) is 5.26 Å². The zero-order valence-electron chi connectivity index (χ0n) is 19.4. The zero-order chi connectivity index (χ0) is 25.2. The number of nitriles is 1. The monoisotopic (exact) mass is 477 g/mol. The van der Waals surface area contributed by atoms with E-state index in [-0.39, 0.29) is 12.1 Å². The van der Waals surface area contributed by atoms with Crippen LogP contribution in [0.3, 0.4) is 0 Å². The van der Waals surface area contributed by atoms with Gasteiger partial charge < -0.3 is 15.7 Å². The molecule has 35 heavy (non-hydrogen) atoms. The van der Waals surface area contributed by atoms with Crippen molar-refractivity contribution in [3.63, 3.8) is 0 Å². The summed E-state index contributed by atoms with van der Waals surface area (Å²) in [6, 6.07) is 5.29. The van der Waals surface area contributed by atoms with E-state index in [4.69, 9.17) is 5.26 Å². The maximum absolute atomic E-state index is 14.2. The van der Waals surface area contributed by atoms with E-state index < -0.39 is 17.7 Å². The average Bonchev–Trinajstić information content (AvgIpc) is 3.47. The number of rotatable bonds is 8. The quantitative estimate of drug-likeness (QED) is 0.301. The van der Waals surface area contributed by atoms with Crippen LogP contribution in [0, 0.1) is 11.3 Å². The van der Waals surface area contributed by atoms with Crippen molar-refractivity contribution in [1.82, 2.24) is 35.1 Å². The number of halogens is 1. The number of carbonyl (C=O) groups is 1. The summed E-state index contributed by atoms with van der Waals surface area (Å²) in [7, 11) is 0. The molecule has 4 aromatic heterocycles. The lowest BCUT2D eigenvalue weighted by Crippen LogP contribution is -2.42. The van der Waals surface area contributed by atoms with Gasteiger partial charge in [-0.05, 0) is 26.3 Å². The van der Waals surface area contributed by atoms with Crippen LogP contribution in [0.5, 0.6) is 0 Å². The predicted octanol–water partition coefficient (Wildman–Crippen LogP) is 2.53. The van der Waals surface area contributed by atoms with Crippen LogP contribution in [-0.2, 0) is 6.42 Å². The Morgan fingerprint density at radius 2 is 2.06 bits per heavy atom. The van der Waals surface area contributed by atoms with Crippen LogP contribution in [-0.4, -0.2) is 59.1 Å². The second kappa shape index (κ2) is 9.47. The molecule has 4 rings (SSSR count). The molecule has 0 aliphatic carbocycles. The number of hydrogen-bond donors (Lipinski definition) is 4. The number of nitrogens with zero attached hydrogens (tertiary/aromatic N) is 6. The fourth-order valence-electron chi connectivity index (χ4n) is 3.35. The van der Waals surface area contributed by atoms with E-state index in [0.717, 1.165) is 5.69 Å². The number of carbonyl (C=O) groups excluding carboxylic acids is 1.